The van der Waals surface area contributed by atoms with E-state index < -0.39 is 11.7 Å². The Hall–Kier alpha value is -3.15. The van der Waals surface area contributed by atoms with Gasteiger partial charge in [0.05, 0.1) is 29.0 Å². The number of aryl methyl sites for hydroxylation is 1. The van der Waals surface area contributed by atoms with Crippen molar-refractivity contribution in [2.45, 2.75) is 39.8 Å². The Morgan fingerprint density at radius 2 is 1.84 bits per heavy atom. The number of hydrogen-bond acceptors (Lipinski definition) is 2. The number of nitrogens with zero attached hydrogens (tertiary/aromatic N) is 3. The van der Waals surface area contributed by atoms with Crippen molar-refractivity contribution in [2.75, 3.05) is 0 Å². The van der Waals surface area contributed by atoms with Crippen LogP contribution >= 0.6 is 0 Å². The van der Waals surface area contributed by atoms with Gasteiger partial charge in [0.15, 0.2) is 0 Å². The van der Waals surface area contributed by atoms with Crippen molar-refractivity contribution >= 4 is 11.4 Å². The van der Waals surface area contributed by atoms with Crippen molar-refractivity contribution in [2.24, 2.45) is 10.9 Å². The fraction of sp³-hybridized carbons (Fsp3) is 0.280. The molecule has 0 aliphatic carbocycles. The smallest absolute Gasteiger partial charge is 0.306 e. The molecule has 0 aliphatic rings. The summed E-state index contributed by atoms with van der Waals surface area (Å²) in [6, 6.07) is 13.3. The number of rotatable bonds is 7. The number of allylic oxidation sites excluding steroid dienone is 1. The average molecular weight is 425 g/mol. The van der Waals surface area contributed by atoms with Crippen LogP contribution in [0.2, 0.25) is 0 Å². The zero-order chi connectivity index (χ0) is 22.6. The number of halogens is 3. The van der Waals surface area contributed by atoms with E-state index in [2.05, 4.69) is 30.4 Å². The van der Waals surface area contributed by atoms with Gasteiger partial charge in [0, 0.05) is 17.4 Å². The third-order valence-electron chi connectivity index (χ3n) is 4.89. The van der Waals surface area contributed by atoms with Gasteiger partial charge in [0.2, 0.25) is 0 Å². The molecular weight excluding hydrogens is 399 g/mol. The monoisotopic (exact) mass is 425 g/mol. The van der Waals surface area contributed by atoms with Gasteiger partial charge < -0.3 is 4.57 Å². The number of benzene rings is 2. The van der Waals surface area contributed by atoms with Gasteiger partial charge in [-0.3, -0.25) is 0 Å². The predicted octanol–water partition coefficient (Wildman–Crippen LogP) is 7.31. The van der Waals surface area contributed by atoms with Crippen LogP contribution in [0, 0.1) is 12.8 Å². The first-order chi connectivity index (χ1) is 14.6. The first kappa shape index (κ1) is 22.5. The highest BCUT2D eigenvalue weighted by Crippen LogP contribution is 2.34. The van der Waals surface area contributed by atoms with Gasteiger partial charge in [0.1, 0.15) is 0 Å². The maximum Gasteiger partial charge on any atom is 0.416 e. The summed E-state index contributed by atoms with van der Waals surface area (Å²) in [5.74, 6) is 0.485. The lowest BCUT2D eigenvalue weighted by molar-refractivity contribution is -0.137. The molecule has 0 amide bonds. The summed E-state index contributed by atoms with van der Waals surface area (Å²) in [5, 5.41) is 0. The lowest BCUT2D eigenvalue weighted by Crippen LogP contribution is -2.07. The third-order valence-corrected chi connectivity index (χ3v) is 4.89. The molecule has 0 saturated carbocycles. The topological polar surface area (TPSA) is 30.2 Å². The molecule has 0 spiro atoms. The summed E-state index contributed by atoms with van der Waals surface area (Å²) >= 11 is 0. The summed E-state index contributed by atoms with van der Waals surface area (Å²) in [6.45, 7) is 10.2. The average Bonchev–Trinajstić information content (AvgIpc) is 3.16. The molecule has 3 nitrogen and oxygen atoms in total. The summed E-state index contributed by atoms with van der Waals surface area (Å²) in [5.41, 5.74) is 2.78. The Labute approximate surface area is 181 Å². The molecule has 0 atom stereocenters. The van der Waals surface area contributed by atoms with Crippen LogP contribution in [0.15, 0.2) is 78.2 Å². The minimum absolute atomic E-state index is 0.223. The highest BCUT2D eigenvalue weighted by Gasteiger charge is 2.31. The highest BCUT2D eigenvalue weighted by atomic mass is 19.4. The van der Waals surface area contributed by atoms with Crippen LogP contribution < -0.4 is 0 Å². The van der Waals surface area contributed by atoms with Crippen LogP contribution in [-0.2, 0) is 6.18 Å². The second kappa shape index (κ2) is 9.33. The molecule has 6 heteroatoms. The Bertz CT molecular complexity index is 1080. The normalized spacial score (nSPS) is 12.4. The Morgan fingerprint density at radius 1 is 1.13 bits per heavy atom. The third kappa shape index (κ3) is 5.94. The fourth-order valence-electron chi connectivity index (χ4n) is 3.19. The standard InChI is InChI=1S/C25H26F3N3/c1-17(2)10-11-18(3)24(20-8-6-5-7-9-20)30-22-12-21(25(26,27)28)13-23(14-22)31-15-19(4)29-16-31/h5-9,12-17H,3,10-11H2,1-2,4H3. The molecule has 0 bridgehead atoms. The minimum atomic E-state index is -4.49. The van der Waals surface area contributed by atoms with Crippen LogP contribution in [0.5, 0.6) is 0 Å². The zero-order valence-corrected chi connectivity index (χ0v) is 17.9. The number of hydrogen-bond donors (Lipinski definition) is 0. The molecule has 1 aromatic heterocycles. The van der Waals surface area contributed by atoms with Gasteiger partial charge in [-0.25, -0.2) is 9.98 Å². The largest absolute Gasteiger partial charge is 0.416 e. The van der Waals surface area contributed by atoms with E-state index in [4.69, 9.17) is 0 Å². The van der Waals surface area contributed by atoms with Crippen LogP contribution in [0.3, 0.4) is 0 Å². The quantitative estimate of drug-likeness (QED) is 0.365. The minimum Gasteiger partial charge on any atom is -0.306 e. The molecule has 1 heterocycles. The molecule has 3 aromatic rings. The van der Waals surface area contributed by atoms with E-state index in [0.717, 1.165) is 41.8 Å². The van der Waals surface area contributed by atoms with E-state index in [1.165, 1.54) is 6.33 Å². The van der Waals surface area contributed by atoms with Gasteiger partial charge >= 0.3 is 6.18 Å². The van der Waals surface area contributed by atoms with E-state index >= 15 is 0 Å². The van der Waals surface area contributed by atoms with Crippen molar-refractivity contribution in [3.8, 4) is 5.69 Å². The van der Waals surface area contributed by atoms with E-state index in [1.54, 1.807) is 23.8 Å². The Balaban J connectivity index is 2.12. The first-order valence-corrected chi connectivity index (χ1v) is 10.2. The summed E-state index contributed by atoms with van der Waals surface area (Å²) in [6.07, 6.45) is 0.336. The Morgan fingerprint density at radius 3 is 2.42 bits per heavy atom. The maximum absolute atomic E-state index is 13.6. The second-order valence-electron chi connectivity index (χ2n) is 8.02. The van der Waals surface area contributed by atoms with Crippen LogP contribution in [0.4, 0.5) is 18.9 Å². The van der Waals surface area contributed by atoms with Crippen molar-refractivity contribution in [3.05, 3.63) is 90.0 Å². The van der Waals surface area contributed by atoms with E-state index in [-0.39, 0.29) is 5.69 Å². The van der Waals surface area contributed by atoms with E-state index in [0.29, 0.717) is 17.3 Å². The van der Waals surface area contributed by atoms with Crippen molar-refractivity contribution in [1.82, 2.24) is 9.55 Å². The second-order valence-corrected chi connectivity index (χ2v) is 8.02. The summed E-state index contributed by atoms with van der Waals surface area (Å²) < 4.78 is 42.4. The fourth-order valence-corrected chi connectivity index (χ4v) is 3.19. The summed E-state index contributed by atoms with van der Waals surface area (Å²) in [4.78, 5) is 8.78. The highest BCUT2D eigenvalue weighted by molar-refractivity contribution is 6.13. The molecule has 0 unspecified atom stereocenters. The van der Waals surface area contributed by atoms with E-state index in [1.807, 2.05) is 30.3 Å². The van der Waals surface area contributed by atoms with Gasteiger partial charge in [-0.05, 0) is 49.5 Å². The maximum atomic E-state index is 13.6. The zero-order valence-electron chi connectivity index (χ0n) is 17.9. The van der Waals surface area contributed by atoms with Crippen molar-refractivity contribution in [3.63, 3.8) is 0 Å². The van der Waals surface area contributed by atoms with Crippen LogP contribution in [0.1, 0.15) is 43.5 Å². The van der Waals surface area contributed by atoms with Crippen molar-refractivity contribution < 1.29 is 13.2 Å². The van der Waals surface area contributed by atoms with Gasteiger partial charge in [0.25, 0.3) is 0 Å². The SMILES string of the molecule is C=C(CCC(C)C)C(=Nc1cc(-n2cnc(C)c2)cc(C(F)(F)F)c1)c1ccccc1. The molecule has 31 heavy (non-hydrogen) atoms. The molecule has 162 valence electrons. The number of imidazole rings is 1. The molecule has 0 aliphatic heterocycles. The number of aliphatic imine (C=N–C) groups is 1. The molecule has 0 radical (unpaired) electrons. The summed E-state index contributed by atoms with van der Waals surface area (Å²) in [7, 11) is 0. The number of alkyl halides is 3. The van der Waals surface area contributed by atoms with Crippen LogP contribution in [-0.4, -0.2) is 15.3 Å². The molecule has 0 saturated heterocycles. The first-order valence-electron chi connectivity index (χ1n) is 10.2. The molecule has 2 aromatic carbocycles. The number of aromatic nitrogens is 2. The lowest BCUT2D eigenvalue weighted by atomic mass is 9.96. The van der Waals surface area contributed by atoms with Crippen LogP contribution in [0.25, 0.3) is 5.69 Å². The van der Waals surface area contributed by atoms with E-state index in [9.17, 15) is 13.2 Å². The lowest BCUT2D eigenvalue weighted by Gasteiger charge is -2.14. The van der Waals surface area contributed by atoms with Gasteiger partial charge in [-0.15, -0.1) is 0 Å². The molecule has 3 rings (SSSR count). The van der Waals surface area contributed by atoms with Gasteiger partial charge in [-0.2, -0.15) is 13.2 Å². The molecule has 0 N–H and O–H groups in total. The molecular formula is C25H26F3N3. The Kier molecular flexibility index (Phi) is 6.78. The molecule has 0 fully saturated rings. The predicted molar refractivity (Wildman–Crippen MR) is 119 cm³/mol. The van der Waals surface area contributed by atoms with Crippen molar-refractivity contribution in [1.29, 1.82) is 0 Å². The van der Waals surface area contributed by atoms with Gasteiger partial charge in [-0.1, -0.05) is 50.8 Å².